The Labute approximate surface area is 148 Å². The van der Waals surface area contributed by atoms with E-state index in [1.54, 1.807) is 0 Å². The third kappa shape index (κ3) is 10.1. The van der Waals surface area contributed by atoms with E-state index < -0.39 is 38.5 Å². The van der Waals surface area contributed by atoms with E-state index in [2.05, 4.69) is 0 Å². The minimum absolute atomic E-state index is 0.134. The zero-order valence-corrected chi connectivity index (χ0v) is 15.3. The molecule has 0 bridgehead atoms. The van der Waals surface area contributed by atoms with Crippen molar-refractivity contribution < 1.29 is 45.1 Å². The number of alkyl halides is 7. The smallest absolute Gasteiger partial charge is 0.324 e. The van der Waals surface area contributed by atoms with Crippen LogP contribution >= 0.6 is 7.60 Å². The molecule has 0 aliphatic rings. The lowest BCUT2D eigenvalue weighted by molar-refractivity contribution is -0.355. The van der Waals surface area contributed by atoms with Crippen LogP contribution in [0.4, 0.5) is 30.7 Å². The molecule has 0 rings (SSSR count). The molecule has 0 aliphatic heterocycles. The quantitative estimate of drug-likeness (QED) is 0.198. The SMILES string of the molecule is O=P(O)(O)CCCCCCCCCCCCC(F)(F)C(F)(F)C(F)(F)F. The third-order valence-corrected chi connectivity index (χ3v) is 4.90. The van der Waals surface area contributed by atoms with Gasteiger partial charge in [-0.3, -0.25) is 4.57 Å². The lowest BCUT2D eigenvalue weighted by Gasteiger charge is -2.28. The highest BCUT2D eigenvalue weighted by molar-refractivity contribution is 7.51. The number of hydrogen-bond acceptors (Lipinski definition) is 1. The summed E-state index contributed by atoms with van der Waals surface area (Å²) in [6.45, 7) is 0. The lowest BCUT2D eigenvalue weighted by Crippen LogP contribution is -2.51. The molecule has 2 N–H and O–H groups in total. The van der Waals surface area contributed by atoms with E-state index in [9.17, 15) is 35.3 Å². The molecule has 0 saturated carbocycles. The molecular weight excluding hydrogens is 392 g/mol. The summed E-state index contributed by atoms with van der Waals surface area (Å²) in [6.07, 6.45) is -2.54. The lowest BCUT2D eigenvalue weighted by atomic mass is 10.0. The predicted molar refractivity (Wildman–Crippen MR) is 83.6 cm³/mol. The van der Waals surface area contributed by atoms with Crippen molar-refractivity contribution in [1.82, 2.24) is 0 Å². The van der Waals surface area contributed by atoms with E-state index in [1.165, 1.54) is 0 Å². The molecule has 0 unspecified atom stereocenters. The van der Waals surface area contributed by atoms with Gasteiger partial charge in [-0.25, -0.2) is 0 Å². The minimum atomic E-state index is -6.26. The molecule has 0 aliphatic carbocycles. The number of halogens is 7. The Morgan fingerprint density at radius 3 is 1.31 bits per heavy atom. The first-order valence-corrected chi connectivity index (χ1v) is 10.4. The van der Waals surface area contributed by atoms with Gasteiger partial charge in [-0.05, 0) is 12.8 Å². The molecular formula is C15H26F7O3P. The van der Waals surface area contributed by atoms with Crippen LogP contribution in [0.5, 0.6) is 0 Å². The second-order valence-electron chi connectivity index (χ2n) is 6.45. The average Bonchev–Trinajstić information content (AvgIpc) is 2.45. The van der Waals surface area contributed by atoms with E-state index in [1.807, 2.05) is 0 Å². The van der Waals surface area contributed by atoms with Crippen LogP contribution < -0.4 is 0 Å². The maximum absolute atomic E-state index is 13.0. The van der Waals surface area contributed by atoms with Crippen LogP contribution in [-0.2, 0) is 4.57 Å². The summed E-state index contributed by atoms with van der Waals surface area (Å²) in [7, 11) is -3.94. The van der Waals surface area contributed by atoms with Crippen LogP contribution in [0.3, 0.4) is 0 Å². The maximum Gasteiger partial charge on any atom is 0.459 e. The molecule has 0 heterocycles. The molecule has 0 amide bonds. The summed E-state index contributed by atoms with van der Waals surface area (Å²) in [5.41, 5.74) is 0. The van der Waals surface area contributed by atoms with Crippen molar-refractivity contribution in [3.8, 4) is 0 Å². The van der Waals surface area contributed by atoms with Gasteiger partial charge in [0.1, 0.15) is 0 Å². The molecule has 0 aromatic carbocycles. The molecule has 0 spiro atoms. The van der Waals surface area contributed by atoms with Crippen molar-refractivity contribution in [3.05, 3.63) is 0 Å². The Hall–Kier alpha value is -0.340. The van der Waals surface area contributed by atoms with Crippen molar-refractivity contribution in [3.63, 3.8) is 0 Å². The third-order valence-electron chi connectivity index (χ3n) is 4.01. The molecule has 0 fully saturated rings. The second kappa shape index (κ2) is 10.9. The number of hydrogen-bond donors (Lipinski definition) is 2. The van der Waals surface area contributed by atoms with Gasteiger partial charge >= 0.3 is 25.6 Å². The van der Waals surface area contributed by atoms with Crippen LogP contribution in [0.15, 0.2) is 0 Å². The van der Waals surface area contributed by atoms with Gasteiger partial charge in [0.05, 0.1) is 0 Å². The highest BCUT2D eigenvalue weighted by atomic mass is 31.2. The molecule has 0 saturated heterocycles. The Bertz CT molecular complexity index is 435. The highest BCUT2D eigenvalue weighted by Gasteiger charge is 2.72. The van der Waals surface area contributed by atoms with E-state index in [0.29, 0.717) is 25.7 Å². The van der Waals surface area contributed by atoms with Gasteiger partial charge in [-0.15, -0.1) is 0 Å². The molecule has 0 aromatic rings. The molecule has 11 heteroatoms. The molecule has 3 nitrogen and oxygen atoms in total. The van der Waals surface area contributed by atoms with E-state index in [0.717, 1.165) is 25.7 Å². The van der Waals surface area contributed by atoms with Crippen molar-refractivity contribution in [1.29, 1.82) is 0 Å². The zero-order valence-electron chi connectivity index (χ0n) is 14.4. The van der Waals surface area contributed by atoms with E-state index >= 15 is 0 Å². The fourth-order valence-corrected chi connectivity index (χ4v) is 3.08. The Kier molecular flexibility index (Phi) is 10.7. The fourth-order valence-electron chi connectivity index (χ4n) is 2.44. The van der Waals surface area contributed by atoms with Crippen molar-refractivity contribution in [2.24, 2.45) is 0 Å². The maximum atomic E-state index is 13.0. The summed E-state index contributed by atoms with van der Waals surface area (Å²) in [5.74, 6) is -11.1. The van der Waals surface area contributed by atoms with Gasteiger partial charge in [0.15, 0.2) is 0 Å². The zero-order chi connectivity index (χ0) is 20.5. The molecule has 26 heavy (non-hydrogen) atoms. The van der Waals surface area contributed by atoms with E-state index in [4.69, 9.17) is 9.79 Å². The van der Waals surface area contributed by atoms with Gasteiger partial charge in [-0.2, -0.15) is 30.7 Å². The summed E-state index contributed by atoms with van der Waals surface area (Å²) in [6, 6.07) is 0. The molecule has 158 valence electrons. The first-order chi connectivity index (χ1) is 11.7. The first kappa shape index (κ1) is 25.7. The topological polar surface area (TPSA) is 57.5 Å². The van der Waals surface area contributed by atoms with Crippen LogP contribution in [0.25, 0.3) is 0 Å². The van der Waals surface area contributed by atoms with Gasteiger partial charge in [-0.1, -0.05) is 51.4 Å². The Morgan fingerprint density at radius 1 is 0.615 bits per heavy atom. The highest BCUT2D eigenvalue weighted by Crippen LogP contribution is 2.48. The molecule has 0 radical (unpaired) electrons. The van der Waals surface area contributed by atoms with Crippen LogP contribution in [0.2, 0.25) is 0 Å². The van der Waals surface area contributed by atoms with Gasteiger partial charge in [0, 0.05) is 12.6 Å². The summed E-state index contributed by atoms with van der Waals surface area (Å²) in [4.78, 5) is 17.3. The minimum Gasteiger partial charge on any atom is -0.324 e. The Balaban J connectivity index is 3.66. The largest absolute Gasteiger partial charge is 0.459 e. The number of unbranched alkanes of at least 4 members (excludes halogenated alkanes) is 9. The summed E-state index contributed by atoms with van der Waals surface area (Å²) < 4.78 is 97.8. The Morgan fingerprint density at radius 2 is 0.962 bits per heavy atom. The van der Waals surface area contributed by atoms with Gasteiger partial charge < -0.3 is 9.79 Å². The molecule has 0 aromatic heterocycles. The predicted octanol–water partition coefficient (Wildman–Crippen LogP) is 6.29. The average molecular weight is 418 g/mol. The monoisotopic (exact) mass is 418 g/mol. The van der Waals surface area contributed by atoms with Gasteiger partial charge in [0.25, 0.3) is 0 Å². The fraction of sp³-hybridized carbons (Fsp3) is 1.00. The van der Waals surface area contributed by atoms with E-state index in [-0.39, 0.29) is 12.6 Å². The number of rotatable bonds is 14. The molecule has 0 atom stereocenters. The van der Waals surface area contributed by atoms with Crippen molar-refractivity contribution in [2.45, 2.75) is 88.7 Å². The van der Waals surface area contributed by atoms with Crippen LogP contribution in [0.1, 0.15) is 70.6 Å². The van der Waals surface area contributed by atoms with Crippen LogP contribution in [0, 0.1) is 0 Å². The summed E-state index contributed by atoms with van der Waals surface area (Å²) in [5, 5.41) is 0. The van der Waals surface area contributed by atoms with Gasteiger partial charge in [0.2, 0.25) is 0 Å². The standard InChI is InChI=1S/C15H26F7O3P/c16-13(17,14(18,19)15(20,21)22)11-9-7-5-3-1-2-4-6-8-10-12-26(23,24)25/h1-12H2,(H2,23,24,25). The second-order valence-corrected chi connectivity index (χ2v) is 8.23. The van der Waals surface area contributed by atoms with Crippen molar-refractivity contribution >= 4 is 7.60 Å². The van der Waals surface area contributed by atoms with Crippen LogP contribution in [-0.4, -0.2) is 34.0 Å². The van der Waals surface area contributed by atoms with Crippen molar-refractivity contribution in [2.75, 3.05) is 6.16 Å². The normalized spacial score (nSPS) is 14.0. The first-order valence-electron chi connectivity index (χ1n) is 8.58. The summed E-state index contributed by atoms with van der Waals surface area (Å²) >= 11 is 0.